The molecule has 0 saturated heterocycles. The van der Waals surface area contributed by atoms with Gasteiger partial charge in [0.15, 0.2) is 0 Å². The molecule has 0 aromatic heterocycles. The third-order valence-electron chi connectivity index (χ3n) is 5.55. The lowest BCUT2D eigenvalue weighted by Crippen LogP contribution is -3.00. The Kier molecular flexibility index (Phi) is 30.5. The zero-order chi connectivity index (χ0) is 18.3. The molecule has 0 atom stereocenters. The molecule has 2 heteroatoms. The van der Waals surface area contributed by atoms with E-state index in [1.165, 1.54) is 142 Å². The number of quaternary nitrogens is 1. The number of hydrogen-bond donors (Lipinski definition) is 1. The molecule has 0 amide bonds. The Morgan fingerprint density at radius 3 is 0.923 bits per heavy atom. The Labute approximate surface area is 177 Å². The monoisotopic (exact) mass is 433 g/mol. The fraction of sp³-hybridized carbons (Fsp3) is 1.00. The lowest BCUT2D eigenvalue weighted by atomic mass is 10.0. The highest BCUT2D eigenvalue weighted by molar-refractivity contribution is 4.50. The largest absolute Gasteiger partial charge is 1.00 e. The first-order valence-electron chi connectivity index (χ1n) is 12.2. The van der Waals surface area contributed by atoms with Crippen molar-refractivity contribution in [1.29, 1.82) is 0 Å². The van der Waals surface area contributed by atoms with Gasteiger partial charge in [-0.15, -0.1) is 0 Å². The maximum absolute atomic E-state index is 2.43. The summed E-state index contributed by atoms with van der Waals surface area (Å²) in [5, 5.41) is 2.43. The van der Waals surface area contributed by atoms with Gasteiger partial charge in [0.25, 0.3) is 0 Å². The van der Waals surface area contributed by atoms with E-state index in [1.54, 1.807) is 0 Å². The fourth-order valence-corrected chi connectivity index (χ4v) is 3.75. The first kappa shape index (κ1) is 28.6. The highest BCUT2D eigenvalue weighted by atomic mass is 79.9. The van der Waals surface area contributed by atoms with Gasteiger partial charge in [0.1, 0.15) is 0 Å². The molecule has 26 heavy (non-hydrogen) atoms. The summed E-state index contributed by atoms with van der Waals surface area (Å²) in [6.45, 7) is 7.14. The molecule has 160 valence electrons. The SMILES string of the molecule is CCCCCCCCCCCCCCCCCCCCCC[NH2+]CC.[Br-]. The van der Waals surface area contributed by atoms with E-state index in [1.807, 2.05) is 0 Å². The van der Waals surface area contributed by atoms with Crippen LogP contribution < -0.4 is 22.3 Å². The molecule has 0 spiro atoms. The van der Waals surface area contributed by atoms with Crippen LogP contribution in [0.3, 0.4) is 0 Å². The molecular formula is C24H52BrN. The first-order valence-corrected chi connectivity index (χ1v) is 12.2. The summed E-state index contributed by atoms with van der Waals surface area (Å²) in [5.41, 5.74) is 0. The summed E-state index contributed by atoms with van der Waals surface area (Å²) in [4.78, 5) is 0. The molecule has 0 aromatic rings. The third kappa shape index (κ3) is 26.7. The van der Waals surface area contributed by atoms with E-state index in [2.05, 4.69) is 19.2 Å². The summed E-state index contributed by atoms with van der Waals surface area (Å²) in [7, 11) is 0. The van der Waals surface area contributed by atoms with E-state index < -0.39 is 0 Å². The zero-order valence-corrected chi connectivity index (χ0v) is 20.1. The number of rotatable bonds is 22. The number of unbranched alkanes of at least 4 members (excludes halogenated alkanes) is 19. The maximum atomic E-state index is 2.43. The molecule has 0 fully saturated rings. The van der Waals surface area contributed by atoms with Gasteiger partial charge in [-0.25, -0.2) is 0 Å². The molecule has 0 bridgehead atoms. The van der Waals surface area contributed by atoms with Gasteiger partial charge in [0.05, 0.1) is 13.1 Å². The van der Waals surface area contributed by atoms with Crippen molar-refractivity contribution < 1.29 is 22.3 Å². The summed E-state index contributed by atoms with van der Waals surface area (Å²) in [6, 6.07) is 0. The molecule has 2 N–H and O–H groups in total. The van der Waals surface area contributed by atoms with Crippen molar-refractivity contribution in [3.63, 3.8) is 0 Å². The van der Waals surface area contributed by atoms with Gasteiger partial charge in [-0.2, -0.15) is 0 Å². The van der Waals surface area contributed by atoms with Crippen LogP contribution in [0.1, 0.15) is 142 Å². The van der Waals surface area contributed by atoms with Gasteiger partial charge in [0.2, 0.25) is 0 Å². The van der Waals surface area contributed by atoms with Crippen molar-refractivity contribution in [3.8, 4) is 0 Å². The second-order valence-corrected chi connectivity index (χ2v) is 8.20. The van der Waals surface area contributed by atoms with E-state index in [9.17, 15) is 0 Å². The Morgan fingerprint density at radius 2 is 0.654 bits per heavy atom. The Bertz CT molecular complexity index is 198. The van der Waals surface area contributed by atoms with Gasteiger partial charge in [-0.1, -0.05) is 122 Å². The van der Waals surface area contributed by atoms with Crippen LogP contribution in [-0.4, -0.2) is 13.1 Å². The minimum Gasteiger partial charge on any atom is -1.00 e. The maximum Gasteiger partial charge on any atom is 0.0755 e. The minimum absolute atomic E-state index is 0. The third-order valence-corrected chi connectivity index (χ3v) is 5.55. The van der Waals surface area contributed by atoms with Gasteiger partial charge in [0, 0.05) is 0 Å². The van der Waals surface area contributed by atoms with Crippen molar-refractivity contribution in [2.45, 2.75) is 142 Å². The first-order chi connectivity index (χ1) is 12.4. The van der Waals surface area contributed by atoms with Crippen molar-refractivity contribution in [1.82, 2.24) is 0 Å². The Hall–Kier alpha value is 0.440. The summed E-state index contributed by atoms with van der Waals surface area (Å²) >= 11 is 0. The fourth-order valence-electron chi connectivity index (χ4n) is 3.75. The average molecular weight is 435 g/mol. The summed E-state index contributed by atoms with van der Waals surface area (Å²) in [6.07, 6.45) is 29.4. The van der Waals surface area contributed by atoms with Gasteiger partial charge in [-0.05, 0) is 19.8 Å². The second kappa shape index (κ2) is 27.7. The molecule has 0 radical (unpaired) electrons. The topological polar surface area (TPSA) is 16.6 Å². The van der Waals surface area contributed by atoms with E-state index in [0.717, 1.165) is 0 Å². The molecule has 0 saturated carbocycles. The molecule has 0 aliphatic rings. The van der Waals surface area contributed by atoms with Crippen LogP contribution in [0.25, 0.3) is 0 Å². The van der Waals surface area contributed by atoms with E-state index in [4.69, 9.17) is 0 Å². The minimum atomic E-state index is 0. The van der Waals surface area contributed by atoms with Crippen LogP contribution >= 0.6 is 0 Å². The zero-order valence-electron chi connectivity index (χ0n) is 18.5. The molecule has 0 unspecified atom stereocenters. The molecule has 0 aliphatic heterocycles. The lowest BCUT2D eigenvalue weighted by Gasteiger charge is -2.04. The Morgan fingerprint density at radius 1 is 0.385 bits per heavy atom. The molecule has 0 aromatic carbocycles. The predicted molar refractivity (Wildman–Crippen MR) is 115 cm³/mol. The van der Waals surface area contributed by atoms with E-state index >= 15 is 0 Å². The van der Waals surface area contributed by atoms with E-state index in [-0.39, 0.29) is 17.0 Å². The quantitative estimate of drug-likeness (QED) is 0.243. The van der Waals surface area contributed by atoms with Crippen molar-refractivity contribution in [3.05, 3.63) is 0 Å². The average Bonchev–Trinajstić information content (AvgIpc) is 2.63. The van der Waals surface area contributed by atoms with Crippen LogP contribution in [0.2, 0.25) is 0 Å². The number of hydrogen-bond acceptors (Lipinski definition) is 0. The predicted octanol–water partition coefficient (Wildman–Crippen LogP) is 4.40. The molecular weight excluding hydrogens is 382 g/mol. The van der Waals surface area contributed by atoms with Crippen molar-refractivity contribution >= 4 is 0 Å². The lowest BCUT2D eigenvalue weighted by molar-refractivity contribution is -0.652. The van der Waals surface area contributed by atoms with Crippen LogP contribution in [0.5, 0.6) is 0 Å². The number of halogens is 1. The standard InChI is InChI=1S/C24H51N.BrH/c1-3-5-6-7-8-9-10-11-12-13-14-15-16-17-18-19-20-21-22-23-24-25-4-2;/h25H,3-24H2,1-2H3;1H. The van der Waals surface area contributed by atoms with Gasteiger partial charge < -0.3 is 22.3 Å². The van der Waals surface area contributed by atoms with Crippen LogP contribution in [-0.2, 0) is 0 Å². The summed E-state index contributed by atoms with van der Waals surface area (Å²) < 4.78 is 0. The number of nitrogens with two attached hydrogens (primary N) is 1. The molecule has 0 heterocycles. The van der Waals surface area contributed by atoms with Crippen LogP contribution in [0.15, 0.2) is 0 Å². The summed E-state index contributed by atoms with van der Waals surface area (Å²) in [5.74, 6) is 0. The Balaban J connectivity index is 0. The molecule has 1 nitrogen and oxygen atoms in total. The highest BCUT2D eigenvalue weighted by Crippen LogP contribution is 2.14. The van der Waals surface area contributed by atoms with Crippen LogP contribution in [0.4, 0.5) is 0 Å². The smallest absolute Gasteiger partial charge is 0.0755 e. The van der Waals surface area contributed by atoms with Crippen LogP contribution in [0, 0.1) is 0 Å². The van der Waals surface area contributed by atoms with Crippen molar-refractivity contribution in [2.75, 3.05) is 13.1 Å². The molecule has 0 rings (SSSR count). The molecule has 0 aliphatic carbocycles. The second-order valence-electron chi connectivity index (χ2n) is 8.20. The normalized spacial score (nSPS) is 10.8. The van der Waals surface area contributed by atoms with Gasteiger partial charge in [-0.3, -0.25) is 0 Å². The van der Waals surface area contributed by atoms with Gasteiger partial charge >= 0.3 is 0 Å². The van der Waals surface area contributed by atoms with Crippen molar-refractivity contribution in [2.24, 2.45) is 0 Å². The highest BCUT2D eigenvalue weighted by Gasteiger charge is 1.95. The van der Waals surface area contributed by atoms with E-state index in [0.29, 0.717) is 0 Å².